The highest BCUT2D eigenvalue weighted by molar-refractivity contribution is 5.93. The maximum Gasteiger partial charge on any atom is 0.323 e. The van der Waals surface area contributed by atoms with Crippen LogP contribution in [0, 0.1) is 0 Å². The number of hydrogen-bond donors (Lipinski definition) is 1. The zero-order valence-electron chi connectivity index (χ0n) is 15.2. The zero-order valence-corrected chi connectivity index (χ0v) is 15.2. The molecule has 0 radical (unpaired) electrons. The minimum absolute atomic E-state index is 0.00445. The summed E-state index contributed by atoms with van der Waals surface area (Å²) in [5.41, 5.74) is 1.30. The summed E-state index contributed by atoms with van der Waals surface area (Å²) in [6.07, 6.45) is 0. The topological polar surface area (TPSA) is 102 Å². The Kier molecular flexibility index (Phi) is 6.21. The van der Waals surface area contributed by atoms with Gasteiger partial charge in [-0.3, -0.25) is 9.59 Å². The van der Waals surface area contributed by atoms with E-state index in [-0.39, 0.29) is 18.2 Å². The standard InChI is InChI=1S/C18H22N2O6/c1-11(2)15-8-16(26-19-15)18(23)20(10-17(21)22)9-12-5-13(24-3)7-14(6-12)25-4/h5-8,11H,9-10H2,1-4H3,(H,21,22). The summed E-state index contributed by atoms with van der Waals surface area (Å²) < 4.78 is 15.5. The third-order valence-corrected chi connectivity index (χ3v) is 3.73. The molecular formula is C18H22N2O6. The number of rotatable bonds is 8. The smallest absolute Gasteiger partial charge is 0.323 e. The molecule has 2 aromatic rings. The molecule has 0 fully saturated rings. The van der Waals surface area contributed by atoms with Gasteiger partial charge < -0.3 is 24.0 Å². The lowest BCUT2D eigenvalue weighted by molar-refractivity contribution is -0.137. The first-order chi connectivity index (χ1) is 12.3. The molecule has 8 nitrogen and oxygen atoms in total. The molecular weight excluding hydrogens is 340 g/mol. The van der Waals surface area contributed by atoms with Crippen LogP contribution in [-0.2, 0) is 11.3 Å². The number of benzene rings is 1. The first-order valence-electron chi connectivity index (χ1n) is 8.03. The second-order valence-corrected chi connectivity index (χ2v) is 6.05. The van der Waals surface area contributed by atoms with Gasteiger partial charge in [-0.15, -0.1) is 0 Å². The molecule has 0 atom stereocenters. The van der Waals surface area contributed by atoms with Crippen LogP contribution in [0.2, 0.25) is 0 Å². The van der Waals surface area contributed by atoms with Crippen molar-refractivity contribution in [1.82, 2.24) is 10.1 Å². The van der Waals surface area contributed by atoms with Crippen molar-refractivity contribution in [2.24, 2.45) is 0 Å². The minimum Gasteiger partial charge on any atom is -0.497 e. The van der Waals surface area contributed by atoms with Crippen molar-refractivity contribution in [1.29, 1.82) is 0 Å². The lowest BCUT2D eigenvalue weighted by Crippen LogP contribution is -2.35. The summed E-state index contributed by atoms with van der Waals surface area (Å²) in [5.74, 6) is -0.487. The fourth-order valence-corrected chi connectivity index (χ4v) is 2.36. The van der Waals surface area contributed by atoms with Crippen LogP contribution in [0.15, 0.2) is 28.8 Å². The summed E-state index contributed by atoms with van der Waals surface area (Å²) >= 11 is 0. The van der Waals surface area contributed by atoms with Crippen molar-refractivity contribution < 1.29 is 28.7 Å². The number of ether oxygens (including phenoxy) is 2. The van der Waals surface area contributed by atoms with Gasteiger partial charge >= 0.3 is 5.97 Å². The van der Waals surface area contributed by atoms with Gasteiger partial charge in [0.15, 0.2) is 0 Å². The number of aliphatic carboxylic acids is 1. The van der Waals surface area contributed by atoms with Crippen molar-refractivity contribution in [3.8, 4) is 11.5 Å². The largest absolute Gasteiger partial charge is 0.497 e. The van der Waals surface area contributed by atoms with Crippen LogP contribution in [0.1, 0.15) is 41.6 Å². The van der Waals surface area contributed by atoms with E-state index in [1.807, 2.05) is 13.8 Å². The third kappa shape index (κ3) is 4.75. The lowest BCUT2D eigenvalue weighted by atomic mass is 10.1. The van der Waals surface area contributed by atoms with Crippen molar-refractivity contribution >= 4 is 11.9 Å². The molecule has 0 aliphatic rings. The molecule has 0 saturated carbocycles. The number of aromatic nitrogens is 1. The maximum atomic E-state index is 12.7. The summed E-state index contributed by atoms with van der Waals surface area (Å²) in [6, 6.07) is 6.65. The summed E-state index contributed by atoms with van der Waals surface area (Å²) in [7, 11) is 3.03. The number of carboxylic acid groups (broad SMARTS) is 1. The molecule has 1 amide bonds. The second kappa shape index (κ2) is 8.37. The molecule has 0 aliphatic carbocycles. The third-order valence-electron chi connectivity index (χ3n) is 3.73. The number of nitrogens with zero attached hydrogens (tertiary/aromatic N) is 2. The maximum absolute atomic E-state index is 12.7. The molecule has 8 heteroatoms. The molecule has 1 aromatic heterocycles. The van der Waals surface area contributed by atoms with Crippen LogP contribution in [-0.4, -0.2) is 47.8 Å². The summed E-state index contributed by atoms with van der Waals surface area (Å²) in [5, 5.41) is 13.0. The van der Waals surface area contributed by atoms with E-state index in [0.717, 1.165) is 0 Å². The Hall–Kier alpha value is -3.03. The Bertz CT molecular complexity index is 761. The quantitative estimate of drug-likeness (QED) is 0.770. The average Bonchev–Trinajstić information content (AvgIpc) is 3.10. The predicted molar refractivity (Wildman–Crippen MR) is 92.5 cm³/mol. The number of methoxy groups -OCH3 is 2. The van der Waals surface area contributed by atoms with E-state index in [1.54, 1.807) is 18.2 Å². The number of hydrogen-bond acceptors (Lipinski definition) is 6. The van der Waals surface area contributed by atoms with E-state index in [0.29, 0.717) is 22.8 Å². The number of carbonyl (C=O) groups is 2. The van der Waals surface area contributed by atoms with Crippen molar-refractivity contribution in [2.75, 3.05) is 20.8 Å². The van der Waals surface area contributed by atoms with E-state index in [1.165, 1.54) is 25.2 Å². The van der Waals surface area contributed by atoms with Gasteiger partial charge in [0.25, 0.3) is 5.91 Å². The van der Waals surface area contributed by atoms with Gasteiger partial charge in [0, 0.05) is 18.7 Å². The van der Waals surface area contributed by atoms with Crippen LogP contribution in [0.25, 0.3) is 0 Å². The SMILES string of the molecule is COc1cc(CN(CC(=O)O)C(=O)c2cc(C(C)C)no2)cc(OC)c1. The van der Waals surface area contributed by atoms with Gasteiger partial charge in [-0.2, -0.15) is 0 Å². The van der Waals surface area contributed by atoms with Gasteiger partial charge in [-0.05, 0) is 23.6 Å². The van der Waals surface area contributed by atoms with Crippen molar-refractivity contribution in [2.45, 2.75) is 26.3 Å². The Balaban J connectivity index is 2.29. The molecule has 1 N–H and O–H groups in total. The van der Waals surface area contributed by atoms with E-state index in [9.17, 15) is 9.59 Å². The van der Waals surface area contributed by atoms with Crippen LogP contribution < -0.4 is 9.47 Å². The van der Waals surface area contributed by atoms with Gasteiger partial charge in [-0.1, -0.05) is 19.0 Å². The Morgan fingerprint density at radius 3 is 2.23 bits per heavy atom. The van der Waals surface area contributed by atoms with Gasteiger partial charge in [0.1, 0.15) is 18.0 Å². The predicted octanol–water partition coefficient (Wildman–Crippen LogP) is 2.54. The summed E-state index contributed by atoms with van der Waals surface area (Å²) in [4.78, 5) is 25.1. The molecule has 140 valence electrons. The lowest BCUT2D eigenvalue weighted by Gasteiger charge is -2.20. The van der Waals surface area contributed by atoms with Crippen LogP contribution in [0.5, 0.6) is 11.5 Å². The van der Waals surface area contributed by atoms with E-state index < -0.39 is 18.4 Å². The highest BCUT2D eigenvalue weighted by Crippen LogP contribution is 2.24. The van der Waals surface area contributed by atoms with Crippen LogP contribution in [0.4, 0.5) is 0 Å². The van der Waals surface area contributed by atoms with E-state index in [2.05, 4.69) is 5.16 Å². The van der Waals surface area contributed by atoms with Gasteiger partial charge in [-0.25, -0.2) is 0 Å². The molecule has 0 saturated heterocycles. The van der Waals surface area contributed by atoms with Crippen LogP contribution in [0.3, 0.4) is 0 Å². The highest BCUT2D eigenvalue weighted by Gasteiger charge is 2.24. The average molecular weight is 362 g/mol. The monoisotopic (exact) mass is 362 g/mol. The number of carboxylic acids is 1. The number of carbonyl (C=O) groups excluding carboxylic acids is 1. The van der Waals surface area contributed by atoms with Gasteiger partial charge in [0.2, 0.25) is 5.76 Å². The molecule has 0 aliphatic heterocycles. The molecule has 0 spiro atoms. The highest BCUT2D eigenvalue weighted by atomic mass is 16.5. The Labute approximate surface area is 151 Å². The Morgan fingerprint density at radius 2 is 1.77 bits per heavy atom. The Morgan fingerprint density at radius 1 is 1.15 bits per heavy atom. The number of amides is 1. The van der Waals surface area contributed by atoms with E-state index in [4.69, 9.17) is 19.1 Å². The zero-order chi connectivity index (χ0) is 19.3. The molecule has 1 aromatic carbocycles. The van der Waals surface area contributed by atoms with E-state index >= 15 is 0 Å². The fraction of sp³-hybridized carbons (Fsp3) is 0.389. The first kappa shape index (κ1) is 19.3. The molecule has 2 rings (SSSR count). The molecule has 26 heavy (non-hydrogen) atoms. The minimum atomic E-state index is -1.13. The van der Waals surface area contributed by atoms with Crippen molar-refractivity contribution in [3.05, 3.63) is 41.3 Å². The normalized spacial score (nSPS) is 10.7. The molecule has 0 unspecified atom stereocenters. The van der Waals surface area contributed by atoms with Crippen molar-refractivity contribution in [3.63, 3.8) is 0 Å². The summed E-state index contributed by atoms with van der Waals surface area (Å²) in [6.45, 7) is 3.42. The fourth-order valence-electron chi connectivity index (χ4n) is 2.36. The van der Waals surface area contributed by atoms with Crippen LogP contribution >= 0.6 is 0 Å². The first-order valence-corrected chi connectivity index (χ1v) is 8.03. The van der Waals surface area contributed by atoms with Gasteiger partial charge in [0.05, 0.1) is 19.9 Å². The second-order valence-electron chi connectivity index (χ2n) is 6.05. The molecule has 0 bridgehead atoms. The molecule has 1 heterocycles.